The first-order valence-corrected chi connectivity index (χ1v) is 15.5. The molecule has 0 spiro atoms. The van der Waals surface area contributed by atoms with Crippen LogP contribution in [-0.2, 0) is 20.8 Å². The lowest BCUT2D eigenvalue weighted by Crippen LogP contribution is -2.48. The van der Waals surface area contributed by atoms with E-state index in [0.717, 1.165) is 25.9 Å². The minimum absolute atomic E-state index is 0.0666. The van der Waals surface area contributed by atoms with Gasteiger partial charge >= 0.3 is 12.1 Å². The molecule has 2 fully saturated rings. The van der Waals surface area contributed by atoms with Crippen LogP contribution in [0, 0.1) is 23.6 Å². The Labute approximate surface area is 252 Å². The van der Waals surface area contributed by atoms with Crippen LogP contribution in [0.5, 0.6) is 0 Å². The number of aliphatic hydroxyl groups excluding tert-OH is 1. The van der Waals surface area contributed by atoms with Crippen LogP contribution in [0.25, 0.3) is 17.1 Å². The van der Waals surface area contributed by atoms with Gasteiger partial charge in [0, 0.05) is 38.6 Å². The van der Waals surface area contributed by atoms with Gasteiger partial charge in [-0.3, -0.25) is 4.79 Å². The quantitative estimate of drug-likeness (QED) is 0.399. The number of hydrogen-bond acceptors (Lipinski definition) is 8. The van der Waals surface area contributed by atoms with Crippen molar-refractivity contribution in [1.29, 1.82) is 0 Å². The van der Waals surface area contributed by atoms with Gasteiger partial charge in [-0.2, -0.15) is 0 Å². The lowest BCUT2D eigenvalue weighted by atomic mass is 9.91. The predicted octanol–water partition coefficient (Wildman–Crippen LogP) is 4.42. The van der Waals surface area contributed by atoms with Crippen molar-refractivity contribution in [3.8, 4) is 0 Å². The van der Waals surface area contributed by atoms with E-state index in [-0.39, 0.29) is 24.3 Å². The summed E-state index contributed by atoms with van der Waals surface area (Å²) in [7, 11) is 2.03. The molecule has 10 nitrogen and oxygen atoms in total. The normalized spacial score (nSPS) is 29.1. The number of benzene rings is 1. The maximum Gasteiger partial charge on any atom is 0.410 e. The monoisotopic (exact) mass is 597 g/mol. The molecule has 5 rings (SSSR count). The lowest BCUT2D eigenvalue weighted by Gasteiger charge is -2.33. The van der Waals surface area contributed by atoms with Crippen molar-refractivity contribution in [2.45, 2.75) is 77.7 Å². The summed E-state index contributed by atoms with van der Waals surface area (Å²) >= 11 is 0. The smallest absolute Gasteiger partial charge is 0.410 e. The van der Waals surface area contributed by atoms with Crippen LogP contribution in [0.2, 0.25) is 0 Å². The molecule has 1 amide bonds. The minimum Gasteiger partial charge on any atom is -0.457 e. The number of aromatic nitrogens is 3. The summed E-state index contributed by atoms with van der Waals surface area (Å²) in [5.74, 6) is -0.716. The van der Waals surface area contributed by atoms with Crippen LogP contribution in [0.3, 0.4) is 0 Å². The van der Waals surface area contributed by atoms with Gasteiger partial charge in [0.1, 0.15) is 23.2 Å². The van der Waals surface area contributed by atoms with Crippen LogP contribution >= 0.6 is 0 Å². The van der Waals surface area contributed by atoms with Crippen LogP contribution in [0.15, 0.2) is 29.9 Å². The number of halogens is 1. The molecule has 1 N–H and O–H groups in total. The van der Waals surface area contributed by atoms with Gasteiger partial charge in [-0.15, -0.1) is 5.10 Å². The molecule has 1 saturated carbocycles. The highest BCUT2D eigenvalue weighted by Gasteiger charge is 2.29. The molecule has 0 radical (unpaired) electrons. The number of carbonyl (C=O) groups excluding carboxylic acids is 2. The number of fused-ring (bicyclic) bond motifs is 1. The maximum atomic E-state index is 15.2. The minimum atomic E-state index is -0.873. The van der Waals surface area contributed by atoms with Crippen molar-refractivity contribution >= 4 is 29.2 Å². The number of cyclic esters (lactones) is 1. The largest absolute Gasteiger partial charge is 0.457 e. The summed E-state index contributed by atoms with van der Waals surface area (Å²) in [6.07, 6.45) is 6.26. The zero-order chi connectivity index (χ0) is 30.7. The zero-order valence-corrected chi connectivity index (χ0v) is 25.6. The summed E-state index contributed by atoms with van der Waals surface area (Å²) in [6, 6.07) is 3.24. The number of ether oxygens (including phenoxy) is 2. The molecular weight excluding hydrogens is 553 g/mol. The molecule has 3 aliphatic rings. The van der Waals surface area contributed by atoms with Gasteiger partial charge in [-0.1, -0.05) is 31.2 Å². The van der Waals surface area contributed by atoms with Crippen LogP contribution < -0.4 is 0 Å². The number of rotatable bonds is 5. The lowest BCUT2D eigenvalue weighted by molar-refractivity contribution is -0.151. The molecule has 0 unspecified atom stereocenters. The van der Waals surface area contributed by atoms with Crippen LogP contribution in [0.4, 0.5) is 9.18 Å². The Balaban J connectivity index is 1.37. The summed E-state index contributed by atoms with van der Waals surface area (Å²) < 4.78 is 28.7. The Bertz CT molecular complexity index is 1360. The van der Waals surface area contributed by atoms with Gasteiger partial charge in [0.25, 0.3) is 0 Å². The summed E-state index contributed by atoms with van der Waals surface area (Å²) in [5, 5.41) is 18.9. The highest BCUT2D eigenvalue weighted by molar-refractivity contribution is 5.79. The van der Waals surface area contributed by atoms with E-state index in [2.05, 4.69) is 15.2 Å². The molecule has 3 heterocycles. The zero-order valence-electron chi connectivity index (χ0n) is 25.6. The van der Waals surface area contributed by atoms with E-state index in [0.29, 0.717) is 60.6 Å². The summed E-state index contributed by atoms with van der Waals surface area (Å²) in [6.45, 7) is 9.23. The molecule has 2 aliphatic heterocycles. The van der Waals surface area contributed by atoms with E-state index in [9.17, 15) is 14.7 Å². The number of esters is 1. The third kappa shape index (κ3) is 8.00. The molecule has 0 bridgehead atoms. The molecule has 43 heavy (non-hydrogen) atoms. The molecule has 1 aromatic heterocycles. The van der Waals surface area contributed by atoms with E-state index in [4.69, 9.17) is 9.47 Å². The van der Waals surface area contributed by atoms with Gasteiger partial charge in [-0.05, 0) is 80.8 Å². The first kappa shape index (κ1) is 31.1. The fraction of sp³-hybridized carbons (Fsp3) is 0.625. The molecule has 234 valence electrons. The van der Waals surface area contributed by atoms with Gasteiger partial charge in [0.05, 0.1) is 12.5 Å². The van der Waals surface area contributed by atoms with E-state index in [1.165, 1.54) is 6.07 Å². The van der Waals surface area contributed by atoms with E-state index >= 15 is 4.39 Å². The van der Waals surface area contributed by atoms with Gasteiger partial charge in [-0.25, -0.2) is 13.9 Å². The average Bonchev–Trinajstić information content (AvgIpc) is 3.69. The molecular formula is C32H44FN5O5. The van der Waals surface area contributed by atoms with E-state index in [1.807, 2.05) is 40.0 Å². The Kier molecular flexibility index (Phi) is 9.81. The third-order valence-electron chi connectivity index (χ3n) is 8.81. The van der Waals surface area contributed by atoms with Gasteiger partial charge in [0.15, 0.2) is 5.82 Å². The second-order valence-electron chi connectivity index (χ2n) is 12.7. The number of piperazine rings is 1. The molecule has 1 aromatic carbocycles. The standard InChI is InChI=1S/C32H44FN5O5/c1-20-5-9-25(39)18-29(40)43-31(21(2)6-10-28(20)42-32(41)37-13-11-36(4)12-14-37)22(3)15-24-16-26(33)30-27(17-24)34-35-38(30)19-23-7-8-23/h6,10,15-17,20-21,23,25,28,31,39H,5,7-9,11-14,18-19H2,1-4H3/b10-6+,22-15+/t20-,21-,25+,28+,31-/m0/s1. The number of aliphatic hydroxyl groups is 1. The Hall–Kier alpha value is -3.31. The van der Waals surface area contributed by atoms with Crippen molar-refractivity contribution in [2.24, 2.45) is 17.8 Å². The van der Waals surface area contributed by atoms with Crippen LogP contribution in [0.1, 0.15) is 58.4 Å². The average molecular weight is 598 g/mol. The highest BCUT2D eigenvalue weighted by atomic mass is 19.1. The van der Waals surface area contributed by atoms with Crippen molar-refractivity contribution in [1.82, 2.24) is 24.8 Å². The fourth-order valence-electron chi connectivity index (χ4n) is 5.81. The number of nitrogens with zero attached hydrogens (tertiary/aromatic N) is 5. The number of hydrogen-bond donors (Lipinski definition) is 1. The summed E-state index contributed by atoms with van der Waals surface area (Å²) in [4.78, 5) is 29.8. The molecule has 1 aliphatic carbocycles. The van der Waals surface area contributed by atoms with Crippen molar-refractivity contribution in [3.63, 3.8) is 0 Å². The first-order valence-electron chi connectivity index (χ1n) is 15.5. The number of likely N-dealkylation sites (N-methyl/N-ethyl adjacent to an activating group) is 1. The molecule has 11 heteroatoms. The fourth-order valence-corrected chi connectivity index (χ4v) is 5.81. The van der Waals surface area contributed by atoms with Gasteiger partial charge in [0.2, 0.25) is 0 Å². The van der Waals surface area contributed by atoms with Crippen molar-refractivity contribution in [2.75, 3.05) is 33.2 Å². The highest BCUT2D eigenvalue weighted by Crippen LogP contribution is 2.32. The summed E-state index contributed by atoms with van der Waals surface area (Å²) in [5.41, 5.74) is 2.17. The van der Waals surface area contributed by atoms with Crippen molar-refractivity contribution < 1.29 is 28.6 Å². The van der Waals surface area contributed by atoms with Gasteiger partial charge < -0.3 is 24.4 Å². The molecule has 2 aromatic rings. The SMILES string of the molecule is C/C(=C\c1cc(F)c2c(c1)nnn2CC1CC1)[C@H]1OC(=O)C[C@H](O)CC[C@H](C)[C@H](OC(=O)N2CCN(C)CC2)/C=C/[C@@H]1C. The topological polar surface area (TPSA) is 110 Å². The second kappa shape index (κ2) is 13.5. The Morgan fingerprint density at radius 2 is 1.88 bits per heavy atom. The van der Waals surface area contributed by atoms with E-state index < -0.39 is 30.1 Å². The Morgan fingerprint density at radius 3 is 2.60 bits per heavy atom. The number of amides is 1. The number of carbonyl (C=O) groups is 2. The third-order valence-corrected chi connectivity index (χ3v) is 8.81. The van der Waals surface area contributed by atoms with Crippen molar-refractivity contribution in [3.05, 3.63) is 41.2 Å². The second-order valence-corrected chi connectivity index (χ2v) is 12.7. The maximum absolute atomic E-state index is 15.2. The predicted molar refractivity (Wildman–Crippen MR) is 160 cm³/mol. The van der Waals surface area contributed by atoms with E-state index in [1.54, 1.807) is 21.7 Å². The Morgan fingerprint density at radius 1 is 1.14 bits per heavy atom. The molecule has 1 saturated heterocycles. The van der Waals surface area contributed by atoms with Crippen LogP contribution in [-0.4, -0.2) is 93.5 Å². The molecule has 5 atom stereocenters. The first-order chi connectivity index (χ1) is 20.6.